The number of nitrogens with zero attached hydrogens (tertiary/aromatic N) is 3. The molecule has 1 saturated carbocycles. The third kappa shape index (κ3) is 1.49. The van der Waals surface area contributed by atoms with Crippen LogP contribution in [0.2, 0.25) is 0 Å². The molecule has 0 saturated heterocycles. The molecule has 1 aromatic heterocycles. The standard InChI is InChI=1S/C9H13N3O2/c1-3-14-9(13)7-4-6(7)8-5-10-11-12(8)2/h5-7H,3-4H2,1-2H3/t6-,7-/m0/s1. The Hall–Kier alpha value is -1.39. The zero-order valence-electron chi connectivity index (χ0n) is 8.30. The average molecular weight is 195 g/mol. The van der Waals surface area contributed by atoms with Gasteiger partial charge in [-0.25, -0.2) is 0 Å². The lowest BCUT2D eigenvalue weighted by Gasteiger charge is -2.00. The topological polar surface area (TPSA) is 57.0 Å². The molecule has 0 spiro atoms. The van der Waals surface area contributed by atoms with E-state index in [2.05, 4.69) is 10.3 Å². The Labute approximate surface area is 82.1 Å². The highest BCUT2D eigenvalue weighted by atomic mass is 16.5. The van der Waals surface area contributed by atoms with Gasteiger partial charge in [0, 0.05) is 13.0 Å². The predicted octanol–water partition coefficient (Wildman–Crippen LogP) is 0.482. The molecule has 0 unspecified atom stereocenters. The van der Waals surface area contributed by atoms with Crippen LogP contribution in [0.3, 0.4) is 0 Å². The number of aromatic nitrogens is 3. The Kier molecular flexibility index (Phi) is 2.23. The lowest BCUT2D eigenvalue weighted by molar-refractivity contribution is -0.144. The van der Waals surface area contributed by atoms with E-state index in [0.717, 1.165) is 12.1 Å². The van der Waals surface area contributed by atoms with E-state index in [0.29, 0.717) is 6.61 Å². The molecule has 2 rings (SSSR count). The van der Waals surface area contributed by atoms with Crippen molar-refractivity contribution in [1.82, 2.24) is 15.0 Å². The first kappa shape index (κ1) is 9.18. The van der Waals surface area contributed by atoms with Crippen molar-refractivity contribution in [1.29, 1.82) is 0 Å². The van der Waals surface area contributed by atoms with Crippen molar-refractivity contribution in [3.63, 3.8) is 0 Å². The smallest absolute Gasteiger partial charge is 0.309 e. The van der Waals surface area contributed by atoms with Crippen LogP contribution < -0.4 is 0 Å². The fourth-order valence-electron chi connectivity index (χ4n) is 1.67. The van der Waals surface area contributed by atoms with E-state index in [4.69, 9.17) is 4.74 Å². The highest BCUT2D eigenvalue weighted by molar-refractivity contribution is 5.77. The molecule has 76 valence electrons. The molecule has 14 heavy (non-hydrogen) atoms. The van der Waals surface area contributed by atoms with Gasteiger partial charge in [-0.3, -0.25) is 9.48 Å². The van der Waals surface area contributed by atoms with Crippen LogP contribution in [0.25, 0.3) is 0 Å². The van der Waals surface area contributed by atoms with Crippen molar-refractivity contribution in [2.45, 2.75) is 19.3 Å². The first-order chi connectivity index (χ1) is 6.74. The van der Waals surface area contributed by atoms with Crippen LogP contribution in [0.1, 0.15) is 25.0 Å². The minimum absolute atomic E-state index is 0.0205. The molecule has 5 nitrogen and oxygen atoms in total. The van der Waals surface area contributed by atoms with Gasteiger partial charge in [0.05, 0.1) is 24.4 Å². The van der Waals surface area contributed by atoms with Gasteiger partial charge in [0.15, 0.2) is 0 Å². The molecule has 1 aliphatic rings. The zero-order chi connectivity index (χ0) is 10.1. The van der Waals surface area contributed by atoms with Crippen molar-refractivity contribution >= 4 is 5.97 Å². The quantitative estimate of drug-likeness (QED) is 0.658. The molecule has 0 N–H and O–H groups in total. The third-order valence-electron chi connectivity index (χ3n) is 2.51. The van der Waals surface area contributed by atoms with Gasteiger partial charge >= 0.3 is 5.97 Å². The van der Waals surface area contributed by atoms with Crippen molar-refractivity contribution in [2.24, 2.45) is 13.0 Å². The summed E-state index contributed by atoms with van der Waals surface area (Å²) in [5.74, 6) is 0.180. The number of esters is 1. The van der Waals surface area contributed by atoms with Crippen LogP contribution in [0, 0.1) is 5.92 Å². The maximum Gasteiger partial charge on any atom is 0.309 e. The fraction of sp³-hybridized carbons (Fsp3) is 0.667. The Morgan fingerprint density at radius 2 is 2.57 bits per heavy atom. The average Bonchev–Trinajstić information content (AvgIpc) is 2.84. The van der Waals surface area contributed by atoms with E-state index in [9.17, 15) is 4.79 Å². The second-order valence-electron chi connectivity index (χ2n) is 3.48. The zero-order valence-corrected chi connectivity index (χ0v) is 8.30. The SMILES string of the molecule is CCOC(=O)[C@H]1C[C@@H]1c1cnnn1C. The van der Waals surface area contributed by atoms with Crippen LogP contribution in [-0.4, -0.2) is 27.6 Å². The van der Waals surface area contributed by atoms with Crippen LogP contribution >= 0.6 is 0 Å². The molecule has 0 aromatic carbocycles. The number of rotatable bonds is 3. The lowest BCUT2D eigenvalue weighted by atomic mass is 10.2. The van der Waals surface area contributed by atoms with E-state index in [1.807, 2.05) is 14.0 Å². The summed E-state index contributed by atoms with van der Waals surface area (Å²) in [6.45, 7) is 2.27. The second kappa shape index (κ2) is 3.40. The molecule has 2 atom stereocenters. The van der Waals surface area contributed by atoms with E-state index >= 15 is 0 Å². The first-order valence-electron chi connectivity index (χ1n) is 4.75. The summed E-state index contributed by atoms with van der Waals surface area (Å²) in [6, 6.07) is 0. The largest absolute Gasteiger partial charge is 0.466 e. The summed E-state index contributed by atoms with van der Waals surface area (Å²) < 4.78 is 6.66. The Morgan fingerprint density at radius 1 is 1.79 bits per heavy atom. The van der Waals surface area contributed by atoms with Gasteiger partial charge in [-0.1, -0.05) is 5.21 Å². The van der Waals surface area contributed by atoms with Gasteiger partial charge in [-0.05, 0) is 13.3 Å². The molecule has 5 heteroatoms. The summed E-state index contributed by atoms with van der Waals surface area (Å²) in [5.41, 5.74) is 1.02. The molecule has 1 aromatic rings. The molecule has 0 radical (unpaired) electrons. The van der Waals surface area contributed by atoms with Crippen LogP contribution in [0.4, 0.5) is 0 Å². The summed E-state index contributed by atoms with van der Waals surface area (Å²) in [5, 5.41) is 7.62. The molecule has 1 heterocycles. The minimum Gasteiger partial charge on any atom is -0.466 e. The van der Waals surface area contributed by atoms with Crippen molar-refractivity contribution in [3.05, 3.63) is 11.9 Å². The normalized spacial score (nSPS) is 24.7. The van der Waals surface area contributed by atoms with Gasteiger partial charge in [0.25, 0.3) is 0 Å². The second-order valence-corrected chi connectivity index (χ2v) is 3.48. The molecule has 1 aliphatic carbocycles. The third-order valence-corrected chi connectivity index (χ3v) is 2.51. The van der Waals surface area contributed by atoms with Gasteiger partial charge in [-0.15, -0.1) is 5.10 Å². The van der Waals surface area contributed by atoms with E-state index < -0.39 is 0 Å². The number of aryl methyl sites for hydroxylation is 1. The molecule has 1 fully saturated rings. The Balaban J connectivity index is 1.99. The predicted molar refractivity (Wildman–Crippen MR) is 48.5 cm³/mol. The summed E-state index contributed by atoms with van der Waals surface area (Å²) in [4.78, 5) is 11.3. The number of carbonyl (C=O) groups is 1. The maximum atomic E-state index is 11.3. The summed E-state index contributed by atoms with van der Waals surface area (Å²) in [6.07, 6.45) is 2.57. The van der Waals surface area contributed by atoms with Gasteiger partial charge in [-0.2, -0.15) is 0 Å². The van der Waals surface area contributed by atoms with Gasteiger partial charge in [0.1, 0.15) is 0 Å². The molecule has 0 amide bonds. The first-order valence-corrected chi connectivity index (χ1v) is 4.75. The van der Waals surface area contributed by atoms with Gasteiger partial charge < -0.3 is 4.74 Å². The van der Waals surface area contributed by atoms with Crippen LogP contribution in [0.5, 0.6) is 0 Å². The van der Waals surface area contributed by atoms with Crippen LogP contribution in [0.15, 0.2) is 6.20 Å². The summed E-state index contributed by atoms with van der Waals surface area (Å²) >= 11 is 0. The van der Waals surface area contributed by atoms with Crippen molar-refractivity contribution < 1.29 is 9.53 Å². The molecular formula is C9H13N3O2. The number of carbonyl (C=O) groups excluding carboxylic acids is 1. The lowest BCUT2D eigenvalue weighted by Crippen LogP contribution is -2.08. The van der Waals surface area contributed by atoms with Gasteiger partial charge in [0.2, 0.25) is 0 Å². The van der Waals surface area contributed by atoms with E-state index in [-0.39, 0.29) is 17.8 Å². The number of hydrogen-bond acceptors (Lipinski definition) is 4. The number of hydrogen-bond donors (Lipinski definition) is 0. The Morgan fingerprint density at radius 3 is 3.14 bits per heavy atom. The summed E-state index contributed by atoms with van der Waals surface area (Å²) in [7, 11) is 1.84. The highest BCUT2D eigenvalue weighted by Crippen LogP contribution is 2.47. The van der Waals surface area contributed by atoms with Crippen molar-refractivity contribution in [3.8, 4) is 0 Å². The molecule has 0 aliphatic heterocycles. The molecule has 0 bridgehead atoms. The van der Waals surface area contributed by atoms with Crippen molar-refractivity contribution in [2.75, 3.05) is 6.61 Å². The minimum atomic E-state index is -0.0984. The van der Waals surface area contributed by atoms with E-state index in [1.165, 1.54) is 0 Å². The highest BCUT2D eigenvalue weighted by Gasteiger charge is 2.46. The number of ether oxygens (including phenoxy) is 1. The van der Waals surface area contributed by atoms with Crippen LogP contribution in [-0.2, 0) is 16.6 Å². The Bertz CT molecular complexity index is 348. The maximum absolute atomic E-state index is 11.3. The molecular weight excluding hydrogens is 182 g/mol. The fourth-order valence-corrected chi connectivity index (χ4v) is 1.67. The monoisotopic (exact) mass is 195 g/mol. The van der Waals surface area contributed by atoms with E-state index in [1.54, 1.807) is 10.9 Å².